The number of nitrogens with zero attached hydrogens (tertiary/aromatic N) is 4. The van der Waals surface area contributed by atoms with Crippen LogP contribution < -0.4 is 5.56 Å². The molecule has 3 fully saturated rings. The average molecular weight is 427 g/mol. The molecule has 0 radical (unpaired) electrons. The van der Waals surface area contributed by atoms with Crippen LogP contribution in [0.1, 0.15) is 88.1 Å². The smallest absolute Gasteiger partial charge is 0.253 e. The van der Waals surface area contributed by atoms with Crippen molar-refractivity contribution >= 4 is 5.91 Å². The SMILES string of the molecule is O=C(CN1CCC[C@@H]2CCCC[C@H]21)N1CCC(c2cc(=O)n3c(n2)CCCCC3)CC1. The third kappa shape index (κ3) is 4.59. The van der Waals surface area contributed by atoms with Crippen LogP contribution >= 0.6 is 0 Å². The Labute approximate surface area is 186 Å². The van der Waals surface area contributed by atoms with E-state index in [0.717, 1.165) is 75.7 Å². The first-order valence-corrected chi connectivity index (χ1v) is 12.8. The van der Waals surface area contributed by atoms with Crippen LogP contribution in [0, 0.1) is 5.92 Å². The Morgan fingerprint density at radius 1 is 0.903 bits per heavy atom. The van der Waals surface area contributed by atoms with Gasteiger partial charge in [0.25, 0.3) is 5.56 Å². The fourth-order valence-electron chi connectivity index (χ4n) is 6.56. The second kappa shape index (κ2) is 9.43. The molecule has 6 nitrogen and oxygen atoms in total. The first kappa shape index (κ1) is 21.2. The zero-order valence-electron chi connectivity index (χ0n) is 18.9. The van der Waals surface area contributed by atoms with E-state index >= 15 is 0 Å². The lowest BCUT2D eigenvalue weighted by molar-refractivity contribution is -0.135. The third-order valence-electron chi connectivity index (χ3n) is 8.35. The Morgan fingerprint density at radius 2 is 1.71 bits per heavy atom. The number of aryl methyl sites for hydroxylation is 1. The fraction of sp³-hybridized carbons (Fsp3) is 0.800. The summed E-state index contributed by atoms with van der Waals surface area (Å²) in [7, 11) is 0. The molecular formula is C25H38N4O2. The lowest BCUT2D eigenvalue weighted by Crippen LogP contribution is -2.52. The summed E-state index contributed by atoms with van der Waals surface area (Å²) < 4.78 is 1.88. The fourth-order valence-corrected chi connectivity index (χ4v) is 6.56. The van der Waals surface area contributed by atoms with Gasteiger partial charge in [0.05, 0.1) is 12.2 Å². The van der Waals surface area contributed by atoms with E-state index in [-0.39, 0.29) is 5.56 Å². The normalized spacial score (nSPS) is 27.9. The van der Waals surface area contributed by atoms with E-state index in [2.05, 4.69) is 9.80 Å². The van der Waals surface area contributed by atoms with E-state index < -0.39 is 0 Å². The van der Waals surface area contributed by atoms with E-state index in [1.165, 1.54) is 44.9 Å². The van der Waals surface area contributed by atoms with Gasteiger partial charge in [0, 0.05) is 44.1 Å². The van der Waals surface area contributed by atoms with Gasteiger partial charge < -0.3 is 4.90 Å². The van der Waals surface area contributed by atoms with Crippen LogP contribution in [0.25, 0.3) is 0 Å². The minimum Gasteiger partial charge on any atom is -0.342 e. The highest BCUT2D eigenvalue weighted by Gasteiger charge is 2.35. The molecule has 4 aliphatic rings. The van der Waals surface area contributed by atoms with Crippen molar-refractivity contribution in [1.82, 2.24) is 19.4 Å². The van der Waals surface area contributed by atoms with Gasteiger partial charge in [-0.25, -0.2) is 4.98 Å². The van der Waals surface area contributed by atoms with E-state index in [0.29, 0.717) is 24.4 Å². The molecule has 0 unspecified atom stereocenters. The molecule has 5 rings (SSSR count). The number of carbonyl (C=O) groups excluding carboxylic acids is 1. The van der Waals surface area contributed by atoms with E-state index in [4.69, 9.17) is 4.98 Å². The highest BCUT2D eigenvalue weighted by Crippen LogP contribution is 2.35. The summed E-state index contributed by atoms with van der Waals surface area (Å²) in [4.78, 5) is 35.2. The number of hydrogen-bond donors (Lipinski definition) is 0. The van der Waals surface area contributed by atoms with Crippen molar-refractivity contribution < 1.29 is 4.79 Å². The van der Waals surface area contributed by atoms with Gasteiger partial charge in [-0.05, 0) is 63.8 Å². The number of rotatable bonds is 3. The summed E-state index contributed by atoms with van der Waals surface area (Å²) in [5.41, 5.74) is 1.08. The first-order valence-electron chi connectivity index (χ1n) is 12.8. The van der Waals surface area contributed by atoms with E-state index in [1.54, 1.807) is 6.07 Å². The molecule has 1 aliphatic carbocycles. The molecule has 0 aromatic carbocycles. The van der Waals surface area contributed by atoms with Crippen LogP contribution in [0.3, 0.4) is 0 Å². The van der Waals surface area contributed by atoms with Crippen molar-refractivity contribution in [3.05, 3.63) is 27.9 Å². The molecule has 6 heteroatoms. The first-order chi connectivity index (χ1) is 15.2. The summed E-state index contributed by atoms with van der Waals surface area (Å²) in [5, 5.41) is 0. The predicted molar refractivity (Wildman–Crippen MR) is 121 cm³/mol. The molecule has 1 aromatic heterocycles. The van der Waals surface area contributed by atoms with Crippen LogP contribution in [0.2, 0.25) is 0 Å². The van der Waals surface area contributed by atoms with Crippen molar-refractivity contribution in [2.75, 3.05) is 26.2 Å². The quantitative estimate of drug-likeness (QED) is 0.744. The van der Waals surface area contributed by atoms with Crippen LogP contribution in [-0.2, 0) is 17.8 Å². The highest BCUT2D eigenvalue weighted by atomic mass is 16.2. The van der Waals surface area contributed by atoms with E-state index in [1.807, 2.05) is 4.57 Å². The van der Waals surface area contributed by atoms with Crippen molar-refractivity contribution in [1.29, 1.82) is 0 Å². The Bertz CT molecular complexity index is 840. The lowest BCUT2D eigenvalue weighted by atomic mass is 9.78. The van der Waals surface area contributed by atoms with Gasteiger partial charge in [0.15, 0.2) is 0 Å². The molecule has 4 heterocycles. The minimum atomic E-state index is 0.118. The second-order valence-corrected chi connectivity index (χ2v) is 10.3. The van der Waals surface area contributed by atoms with Gasteiger partial charge in [-0.1, -0.05) is 19.3 Å². The molecule has 170 valence electrons. The number of amides is 1. The molecule has 1 aromatic rings. The lowest BCUT2D eigenvalue weighted by Gasteiger charge is -2.44. The number of aromatic nitrogens is 2. The van der Waals surface area contributed by atoms with Crippen molar-refractivity contribution in [2.24, 2.45) is 5.92 Å². The Kier molecular flexibility index (Phi) is 6.44. The van der Waals surface area contributed by atoms with Gasteiger partial charge in [-0.2, -0.15) is 0 Å². The average Bonchev–Trinajstić information content (AvgIpc) is 3.05. The van der Waals surface area contributed by atoms with Crippen molar-refractivity contribution in [3.8, 4) is 0 Å². The summed E-state index contributed by atoms with van der Waals surface area (Å²) >= 11 is 0. The third-order valence-corrected chi connectivity index (χ3v) is 8.35. The predicted octanol–water partition coefficient (Wildman–Crippen LogP) is 3.33. The summed E-state index contributed by atoms with van der Waals surface area (Å²) in [6.07, 6.45) is 14.1. The topological polar surface area (TPSA) is 58.4 Å². The summed E-state index contributed by atoms with van der Waals surface area (Å²) in [6.45, 7) is 4.10. The molecule has 1 amide bonds. The second-order valence-electron chi connectivity index (χ2n) is 10.3. The number of carbonyl (C=O) groups is 1. The monoisotopic (exact) mass is 426 g/mol. The number of likely N-dealkylation sites (tertiary alicyclic amines) is 2. The van der Waals surface area contributed by atoms with E-state index in [9.17, 15) is 9.59 Å². The zero-order chi connectivity index (χ0) is 21.2. The van der Waals surface area contributed by atoms with Gasteiger partial charge in [0.2, 0.25) is 5.91 Å². The number of hydrogen-bond acceptors (Lipinski definition) is 4. The zero-order valence-corrected chi connectivity index (χ0v) is 18.9. The summed E-state index contributed by atoms with van der Waals surface area (Å²) in [6, 6.07) is 2.41. The van der Waals surface area contributed by atoms with Crippen LogP contribution in [0.4, 0.5) is 0 Å². The van der Waals surface area contributed by atoms with Crippen molar-refractivity contribution in [2.45, 2.75) is 95.6 Å². The maximum Gasteiger partial charge on any atom is 0.253 e. The molecule has 1 saturated carbocycles. The Hall–Kier alpha value is -1.69. The molecule has 0 N–H and O–H groups in total. The standard InChI is InChI=1S/C25H38N4O2/c30-24-17-21(26-23-10-2-1-5-14-29(23)24)19-11-15-27(16-12-19)25(31)18-28-13-6-8-20-7-3-4-9-22(20)28/h17,19-20,22H,1-16,18H2/t20-,22+/m0/s1. The van der Waals surface area contributed by atoms with Gasteiger partial charge >= 0.3 is 0 Å². The molecule has 2 saturated heterocycles. The largest absolute Gasteiger partial charge is 0.342 e. The molecule has 3 aliphatic heterocycles. The van der Waals surface area contributed by atoms with Crippen LogP contribution in [0.15, 0.2) is 10.9 Å². The minimum absolute atomic E-state index is 0.118. The van der Waals surface area contributed by atoms with Gasteiger partial charge in [-0.15, -0.1) is 0 Å². The number of piperidine rings is 2. The molecule has 2 atom stereocenters. The maximum absolute atomic E-state index is 13.1. The Morgan fingerprint density at radius 3 is 2.58 bits per heavy atom. The molecule has 0 spiro atoms. The Balaban J connectivity index is 1.19. The van der Waals surface area contributed by atoms with Crippen LogP contribution in [-0.4, -0.2) is 57.5 Å². The van der Waals surface area contributed by atoms with Crippen molar-refractivity contribution in [3.63, 3.8) is 0 Å². The van der Waals surface area contributed by atoms with Gasteiger partial charge in [-0.3, -0.25) is 19.1 Å². The molecular weight excluding hydrogens is 388 g/mol. The maximum atomic E-state index is 13.1. The highest BCUT2D eigenvalue weighted by molar-refractivity contribution is 5.78. The molecule has 31 heavy (non-hydrogen) atoms. The number of fused-ring (bicyclic) bond motifs is 2. The van der Waals surface area contributed by atoms with Gasteiger partial charge in [0.1, 0.15) is 5.82 Å². The van der Waals surface area contributed by atoms with Crippen LogP contribution in [0.5, 0.6) is 0 Å². The summed E-state index contributed by atoms with van der Waals surface area (Å²) in [5.74, 6) is 2.41. The molecule has 0 bridgehead atoms.